The summed E-state index contributed by atoms with van der Waals surface area (Å²) in [5.74, 6) is -2.63. The van der Waals surface area contributed by atoms with Gasteiger partial charge in [-0.2, -0.15) is 0 Å². The van der Waals surface area contributed by atoms with Gasteiger partial charge >= 0.3 is 5.97 Å². The van der Waals surface area contributed by atoms with E-state index >= 15 is 0 Å². The second-order valence-corrected chi connectivity index (χ2v) is 4.69. The molecule has 2 N–H and O–H groups in total. The van der Waals surface area contributed by atoms with Gasteiger partial charge in [0, 0.05) is 0 Å². The number of halogens is 1. The second kappa shape index (κ2) is 2.85. The lowest BCUT2D eigenvalue weighted by Crippen LogP contribution is -2.24. The van der Waals surface area contributed by atoms with Gasteiger partial charge in [-0.3, -0.25) is 9.59 Å². The molecule has 2 aliphatic rings. The van der Waals surface area contributed by atoms with E-state index < -0.39 is 29.0 Å². The second-order valence-electron chi connectivity index (χ2n) is 4.69. The van der Waals surface area contributed by atoms with E-state index in [0.29, 0.717) is 11.1 Å². The van der Waals surface area contributed by atoms with Gasteiger partial charge in [-0.1, -0.05) is 6.07 Å². The first-order valence-electron chi connectivity index (χ1n) is 5.31. The Kier molecular flexibility index (Phi) is 1.72. The molecule has 1 fully saturated rings. The molecule has 1 saturated carbocycles. The molecule has 1 aromatic carbocycles. The SMILES string of the molecule is Cc1cc(F)c2c(c1)C1(CC1C(=O)O)C(=O)N2. The van der Waals surface area contributed by atoms with Crippen molar-refractivity contribution in [2.75, 3.05) is 5.32 Å². The van der Waals surface area contributed by atoms with Crippen LogP contribution in [-0.2, 0) is 15.0 Å². The maximum atomic E-state index is 13.7. The van der Waals surface area contributed by atoms with Crippen LogP contribution in [0.15, 0.2) is 12.1 Å². The fourth-order valence-electron chi connectivity index (χ4n) is 2.68. The molecule has 0 saturated heterocycles. The van der Waals surface area contributed by atoms with Crippen LogP contribution < -0.4 is 5.32 Å². The molecule has 0 bridgehead atoms. The monoisotopic (exact) mass is 235 g/mol. The van der Waals surface area contributed by atoms with E-state index in [4.69, 9.17) is 5.11 Å². The van der Waals surface area contributed by atoms with Crippen molar-refractivity contribution in [1.82, 2.24) is 0 Å². The lowest BCUT2D eigenvalue weighted by atomic mass is 9.93. The van der Waals surface area contributed by atoms with Gasteiger partial charge in [0.2, 0.25) is 5.91 Å². The van der Waals surface area contributed by atoms with Crippen LogP contribution >= 0.6 is 0 Å². The Balaban J connectivity index is 2.19. The summed E-state index contributed by atoms with van der Waals surface area (Å²) in [6, 6.07) is 3.02. The van der Waals surface area contributed by atoms with Gasteiger partial charge in [-0.05, 0) is 30.5 Å². The lowest BCUT2D eigenvalue weighted by molar-refractivity contribution is -0.140. The van der Waals surface area contributed by atoms with Gasteiger partial charge in [0.1, 0.15) is 5.82 Å². The molecule has 0 radical (unpaired) electrons. The first-order chi connectivity index (χ1) is 7.96. The Labute approximate surface area is 96.4 Å². The first-order valence-corrected chi connectivity index (χ1v) is 5.31. The molecular formula is C12H10FNO3. The van der Waals surface area contributed by atoms with Crippen LogP contribution in [0.5, 0.6) is 0 Å². The number of fused-ring (bicyclic) bond motifs is 2. The molecule has 0 aromatic heterocycles. The third-order valence-electron chi connectivity index (χ3n) is 3.62. The number of hydrogen-bond acceptors (Lipinski definition) is 2. The summed E-state index contributed by atoms with van der Waals surface area (Å²) in [5.41, 5.74) is 0.290. The lowest BCUT2D eigenvalue weighted by Gasteiger charge is -2.07. The number of carbonyl (C=O) groups is 2. The van der Waals surface area contributed by atoms with E-state index in [1.807, 2.05) is 0 Å². The van der Waals surface area contributed by atoms with Gasteiger partial charge in [0.15, 0.2) is 0 Å². The molecule has 4 nitrogen and oxygen atoms in total. The molecule has 1 aliphatic carbocycles. The zero-order valence-electron chi connectivity index (χ0n) is 9.08. The zero-order valence-corrected chi connectivity index (χ0v) is 9.08. The van der Waals surface area contributed by atoms with E-state index in [1.165, 1.54) is 6.07 Å². The number of carboxylic acid groups (broad SMARTS) is 1. The number of rotatable bonds is 1. The average molecular weight is 235 g/mol. The van der Waals surface area contributed by atoms with Crippen LogP contribution in [-0.4, -0.2) is 17.0 Å². The zero-order chi connectivity index (χ0) is 12.4. The van der Waals surface area contributed by atoms with E-state index in [2.05, 4.69) is 5.32 Å². The topological polar surface area (TPSA) is 66.4 Å². The summed E-state index contributed by atoms with van der Waals surface area (Å²) < 4.78 is 13.7. The van der Waals surface area contributed by atoms with Gasteiger partial charge in [0.25, 0.3) is 0 Å². The number of nitrogens with one attached hydrogen (secondary N) is 1. The van der Waals surface area contributed by atoms with E-state index in [0.717, 1.165) is 0 Å². The molecule has 1 spiro atoms. The van der Waals surface area contributed by atoms with E-state index in [1.54, 1.807) is 13.0 Å². The number of carboxylic acids is 1. The number of benzene rings is 1. The van der Waals surface area contributed by atoms with Crippen molar-refractivity contribution in [2.24, 2.45) is 5.92 Å². The van der Waals surface area contributed by atoms with Crippen molar-refractivity contribution >= 4 is 17.6 Å². The number of aryl methyl sites for hydroxylation is 1. The molecule has 2 unspecified atom stereocenters. The summed E-state index contributed by atoms with van der Waals surface area (Å²) in [6.07, 6.45) is 0.254. The minimum Gasteiger partial charge on any atom is -0.481 e. The van der Waals surface area contributed by atoms with Crippen molar-refractivity contribution in [1.29, 1.82) is 0 Å². The Morgan fingerprint density at radius 3 is 2.88 bits per heavy atom. The molecule has 1 amide bonds. The highest BCUT2D eigenvalue weighted by molar-refractivity contribution is 6.12. The van der Waals surface area contributed by atoms with Crippen LogP contribution in [0, 0.1) is 18.7 Å². The Morgan fingerprint density at radius 2 is 2.29 bits per heavy atom. The van der Waals surface area contributed by atoms with Crippen LogP contribution in [0.4, 0.5) is 10.1 Å². The molecule has 1 aromatic rings. The largest absolute Gasteiger partial charge is 0.481 e. The number of aliphatic carboxylic acids is 1. The van der Waals surface area contributed by atoms with Gasteiger partial charge in [-0.15, -0.1) is 0 Å². The average Bonchev–Trinajstić information content (AvgIpc) is 2.91. The number of anilines is 1. The number of hydrogen-bond donors (Lipinski definition) is 2. The van der Waals surface area contributed by atoms with Crippen LogP contribution in [0.25, 0.3) is 0 Å². The number of amides is 1. The standard InChI is InChI=1S/C12H10FNO3/c1-5-2-6-9(8(13)3-5)14-11(17)12(6)4-7(12)10(15)16/h2-3,7H,4H2,1H3,(H,14,17)(H,15,16). The fourth-order valence-corrected chi connectivity index (χ4v) is 2.68. The highest BCUT2D eigenvalue weighted by atomic mass is 19.1. The summed E-state index contributed by atoms with van der Waals surface area (Å²) in [6.45, 7) is 1.72. The quantitative estimate of drug-likeness (QED) is 0.773. The minimum absolute atomic E-state index is 0.143. The smallest absolute Gasteiger partial charge is 0.307 e. The Hall–Kier alpha value is -1.91. The summed E-state index contributed by atoms with van der Waals surface area (Å²) in [5, 5.41) is 11.4. The van der Waals surface area contributed by atoms with Crippen molar-refractivity contribution in [2.45, 2.75) is 18.8 Å². The molecule has 5 heteroatoms. The third kappa shape index (κ3) is 1.11. The van der Waals surface area contributed by atoms with E-state index in [-0.39, 0.29) is 12.1 Å². The maximum absolute atomic E-state index is 13.7. The predicted molar refractivity (Wildman–Crippen MR) is 57.2 cm³/mol. The van der Waals surface area contributed by atoms with Crippen molar-refractivity contribution in [3.8, 4) is 0 Å². The van der Waals surface area contributed by atoms with Crippen molar-refractivity contribution in [3.63, 3.8) is 0 Å². The number of carbonyl (C=O) groups excluding carboxylic acids is 1. The molecule has 17 heavy (non-hydrogen) atoms. The predicted octanol–water partition coefficient (Wildman–Crippen LogP) is 1.43. The highest BCUT2D eigenvalue weighted by Gasteiger charge is 2.68. The molecule has 1 heterocycles. The molecule has 3 rings (SSSR count). The minimum atomic E-state index is -1.03. The maximum Gasteiger partial charge on any atom is 0.307 e. The summed E-state index contributed by atoms with van der Waals surface area (Å²) >= 11 is 0. The summed E-state index contributed by atoms with van der Waals surface area (Å²) in [4.78, 5) is 22.8. The Morgan fingerprint density at radius 1 is 1.59 bits per heavy atom. The van der Waals surface area contributed by atoms with Crippen molar-refractivity contribution < 1.29 is 19.1 Å². The van der Waals surface area contributed by atoms with Crippen LogP contribution in [0.3, 0.4) is 0 Å². The fraction of sp³-hybridized carbons (Fsp3) is 0.333. The Bertz CT molecular complexity index is 569. The molecule has 1 aliphatic heterocycles. The highest BCUT2D eigenvalue weighted by Crippen LogP contribution is 2.60. The summed E-state index contributed by atoms with van der Waals surface area (Å²) in [7, 11) is 0. The first kappa shape index (κ1) is 10.3. The van der Waals surface area contributed by atoms with E-state index in [9.17, 15) is 14.0 Å². The normalized spacial score (nSPS) is 29.1. The van der Waals surface area contributed by atoms with Crippen LogP contribution in [0.1, 0.15) is 17.5 Å². The van der Waals surface area contributed by atoms with Crippen molar-refractivity contribution in [3.05, 3.63) is 29.1 Å². The van der Waals surface area contributed by atoms with Gasteiger partial charge in [0.05, 0.1) is 17.0 Å². The van der Waals surface area contributed by atoms with Crippen LogP contribution in [0.2, 0.25) is 0 Å². The molecule has 88 valence electrons. The molecular weight excluding hydrogens is 225 g/mol. The van der Waals surface area contributed by atoms with Gasteiger partial charge < -0.3 is 10.4 Å². The third-order valence-corrected chi connectivity index (χ3v) is 3.62. The molecule has 2 atom stereocenters. The van der Waals surface area contributed by atoms with Gasteiger partial charge in [-0.25, -0.2) is 4.39 Å².